The monoisotopic (exact) mass is 427 g/mol. The van der Waals surface area contributed by atoms with Gasteiger partial charge in [-0.3, -0.25) is 9.59 Å². The highest BCUT2D eigenvalue weighted by Crippen LogP contribution is 2.41. The van der Waals surface area contributed by atoms with Crippen molar-refractivity contribution in [3.63, 3.8) is 0 Å². The summed E-state index contributed by atoms with van der Waals surface area (Å²) in [7, 11) is 0. The average Bonchev–Trinajstić information content (AvgIpc) is 2.66. The maximum absolute atomic E-state index is 13.2. The van der Waals surface area contributed by atoms with Crippen molar-refractivity contribution in [3.05, 3.63) is 63.9 Å². The number of aryl methyl sites for hydroxylation is 1. The van der Waals surface area contributed by atoms with Crippen LogP contribution >= 0.6 is 11.6 Å². The van der Waals surface area contributed by atoms with Gasteiger partial charge >= 0.3 is 0 Å². The first-order valence-corrected chi connectivity index (χ1v) is 10.2. The van der Waals surface area contributed by atoms with Gasteiger partial charge in [-0.25, -0.2) is 0 Å². The number of aliphatic hydroxyl groups excluding tert-OH is 1. The third kappa shape index (κ3) is 3.75. The van der Waals surface area contributed by atoms with Gasteiger partial charge in [0.2, 0.25) is 5.91 Å². The Morgan fingerprint density at radius 2 is 1.67 bits per heavy atom. The van der Waals surface area contributed by atoms with E-state index in [1.165, 1.54) is 0 Å². The Balaban J connectivity index is 2.25. The lowest BCUT2D eigenvalue weighted by atomic mass is 9.80. The third-order valence-corrected chi connectivity index (χ3v) is 5.75. The summed E-state index contributed by atoms with van der Waals surface area (Å²) in [6.45, 7) is 8.88. The molecule has 1 amide bonds. The number of carbonyl (C=O) groups excluding carboxylic acids is 2. The van der Waals surface area contributed by atoms with Crippen molar-refractivity contribution in [1.29, 1.82) is 0 Å². The SMILES string of the molecule is CCc1ccc(-c2ccc(Cl)c(C(N)=O)c2)cc1C1=C(O)C(C)(C)OC(C)(C)C1=O. The van der Waals surface area contributed by atoms with Crippen LogP contribution in [0, 0.1) is 0 Å². The van der Waals surface area contributed by atoms with Crippen molar-refractivity contribution in [1.82, 2.24) is 0 Å². The molecule has 0 atom stereocenters. The number of nitrogens with two attached hydrogens (primary N) is 1. The molecule has 0 unspecified atom stereocenters. The van der Waals surface area contributed by atoms with Gasteiger partial charge in [-0.15, -0.1) is 0 Å². The van der Waals surface area contributed by atoms with E-state index in [0.29, 0.717) is 12.0 Å². The van der Waals surface area contributed by atoms with E-state index in [4.69, 9.17) is 22.1 Å². The minimum atomic E-state index is -1.08. The number of amides is 1. The van der Waals surface area contributed by atoms with Crippen LogP contribution in [0.3, 0.4) is 0 Å². The normalized spacial score (nSPS) is 17.9. The smallest absolute Gasteiger partial charge is 0.250 e. The molecule has 0 aliphatic carbocycles. The number of hydrogen-bond acceptors (Lipinski definition) is 4. The second-order valence-electron chi connectivity index (χ2n) is 8.46. The van der Waals surface area contributed by atoms with Crippen LogP contribution in [0.15, 0.2) is 42.2 Å². The highest BCUT2D eigenvalue weighted by molar-refractivity contribution is 6.34. The molecule has 30 heavy (non-hydrogen) atoms. The number of carbonyl (C=O) groups is 2. The first-order valence-electron chi connectivity index (χ1n) is 9.80. The molecule has 1 heterocycles. The molecule has 3 N–H and O–H groups in total. The number of benzene rings is 2. The Bertz CT molecular complexity index is 1080. The Hall–Kier alpha value is -2.63. The highest BCUT2D eigenvalue weighted by atomic mass is 35.5. The molecule has 158 valence electrons. The van der Waals surface area contributed by atoms with E-state index < -0.39 is 17.1 Å². The molecular formula is C24H26ClNO4. The molecule has 2 aromatic carbocycles. The minimum absolute atomic E-state index is 0.0902. The Morgan fingerprint density at radius 3 is 2.27 bits per heavy atom. The molecule has 0 radical (unpaired) electrons. The van der Waals surface area contributed by atoms with E-state index in [2.05, 4.69) is 0 Å². The van der Waals surface area contributed by atoms with Crippen molar-refractivity contribution in [2.24, 2.45) is 5.73 Å². The molecule has 0 fully saturated rings. The van der Waals surface area contributed by atoms with Gasteiger partial charge in [-0.1, -0.05) is 36.7 Å². The van der Waals surface area contributed by atoms with Crippen molar-refractivity contribution in [2.45, 2.75) is 52.2 Å². The van der Waals surface area contributed by atoms with E-state index in [0.717, 1.165) is 16.7 Å². The van der Waals surface area contributed by atoms with Crippen LogP contribution in [0.5, 0.6) is 0 Å². The number of Topliss-reactive ketones (excluding diaryl/α,β-unsaturated/α-hetero) is 1. The Kier molecular flexibility index (Phi) is 5.56. The van der Waals surface area contributed by atoms with E-state index in [1.54, 1.807) is 45.9 Å². The predicted molar refractivity (Wildman–Crippen MR) is 119 cm³/mol. The second kappa shape index (κ2) is 7.56. The molecule has 0 bridgehead atoms. The maximum atomic E-state index is 13.2. The number of ether oxygens (including phenoxy) is 1. The zero-order valence-corrected chi connectivity index (χ0v) is 18.6. The zero-order valence-electron chi connectivity index (χ0n) is 17.8. The van der Waals surface area contributed by atoms with Crippen molar-refractivity contribution in [2.75, 3.05) is 0 Å². The lowest BCUT2D eigenvalue weighted by molar-refractivity contribution is -0.158. The minimum Gasteiger partial charge on any atom is -0.508 e. The van der Waals surface area contributed by atoms with Crippen molar-refractivity contribution in [3.8, 4) is 11.1 Å². The molecule has 0 saturated carbocycles. The number of rotatable bonds is 4. The second-order valence-corrected chi connectivity index (χ2v) is 8.87. The van der Waals surface area contributed by atoms with Gasteiger partial charge in [0.25, 0.3) is 0 Å². The van der Waals surface area contributed by atoms with Gasteiger partial charge in [0.15, 0.2) is 5.78 Å². The summed E-state index contributed by atoms with van der Waals surface area (Å²) in [5, 5.41) is 11.2. The molecule has 0 saturated heterocycles. The van der Waals surface area contributed by atoms with Crippen molar-refractivity contribution < 1.29 is 19.4 Å². The van der Waals surface area contributed by atoms with Crippen LogP contribution in [-0.2, 0) is 16.0 Å². The number of ketones is 1. The van der Waals surface area contributed by atoms with Crippen LogP contribution in [0.2, 0.25) is 5.02 Å². The summed E-state index contributed by atoms with van der Waals surface area (Å²) in [5.41, 5.74) is 6.91. The van der Waals surface area contributed by atoms with Gasteiger partial charge in [0, 0.05) is 0 Å². The van der Waals surface area contributed by atoms with E-state index in [1.807, 2.05) is 25.1 Å². The van der Waals surface area contributed by atoms with Gasteiger partial charge < -0.3 is 15.6 Å². The van der Waals surface area contributed by atoms with E-state index in [-0.39, 0.29) is 27.7 Å². The van der Waals surface area contributed by atoms with Crippen LogP contribution in [-0.4, -0.2) is 28.0 Å². The topological polar surface area (TPSA) is 89.6 Å². The fourth-order valence-electron chi connectivity index (χ4n) is 3.88. The molecule has 3 rings (SSSR count). The van der Waals surface area contributed by atoms with Gasteiger partial charge in [0.05, 0.1) is 16.2 Å². The number of hydrogen-bond donors (Lipinski definition) is 2. The summed E-state index contributed by atoms with van der Waals surface area (Å²) in [6.07, 6.45) is 0.675. The molecule has 1 aliphatic heterocycles. The summed E-state index contributed by atoms with van der Waals surface area (Å²) >= 11 is 6.08. The van der Waals surface area contributed by atoms with Crippen LogP contribution in [0.25, 0.3) is 16.7 Å². The molecular weight excluding hydrogens is 402 g/mol. The summed E-state index contributed by atoms with van der Waals surface area (Å²) < 4.78 is 5.86. The largest absolute Gasteiger partial charge is 0.508 e. The van der Waals surface area contributed by atoms with Crippen LogP contribution < -0.4 is 5.73 Å². The van der Waals surface area contributed by atoms with Gasteiger partial charge in [-0.05, 0) is 74.6 Å². The fraction of sp³-hybridized carbons (Fsp3) is 0.333. The third-order valence-electron chi connectivity index (χ3n) is 5.42. The molecule has 6 heteroatoms. The number of halogens is 1. The lowest BCUT2D eigenvalue weighted by Crippen LogP contribution is -2.49. The highest BCUT2D eigenvalue weighted by Gasteiger charge is 2.47. The van der Waals surface area contributed by atoms with Crippen LogP contribution in [0.4, 0.5) is 0 Å². The standard InChI is InChI=1S/C24H26ClNO4/c1-6-13-7-8-14(15-9-10-18(25)17(12-15)22(26)29)11-16(13)19-20(27)23(2,3)30-24(4,5)21(19)28/h7-12,27H,6H2,1-5H3,(H2,26,29). The van der Waals surface area contributed by atoms with Crippen LogP contribution in [0.1, 0.15) is 56.1 Å². The van der Waals surface area contributed by atoms with Gasteiger partial charge in [0.1, 0.15) is 17.0 Å². The first kappa shape index (κ1) is 22.1. The maximum Gasteiger partial charge on any atom is 0.250 e. The molecule has 5 nitrogen and oxygen atoms in total. The first-order chi connectivity index (χ1) is 13.9. The average molecular weight is 428 g/mol. The predicted octanol–water partition coefficient (Wildman–Crippen LogP) is 5.09. The molecule has 2 aromatic rings. The van der Waals surface area contributed by atoms with Crippen molar-refractivity contribution >= 4 is 28.9 Å². The summed E-state index contributed by atoms with van der Waals surface area (Å²) in [5.74, 6) is -0.983. The number of primary amides is 1. The quantitative estimate of drug-likeness (QED) is 0.710. The lowest BCUT2D eigenvalue weighted by Gasteiger charge is -2.40. The Labute approximate surface area is 181 Å². The zero-order chi connectivity index (χ0) is 22.4. The van der Waals surface area contributed by atoms with Gasteiger partial charge in [-0.2, -0.15) is 0 Å². The molecule has 0 aromatic heterocycles. The Morgan fingerprint density at radius 1 is 1.07 bits per heavy atom. The molecule has 1 aliphatic rings. The number of aliphatic hydroxyl groups is 1. The van der Waals surface area contributed by atoms with E-state index in [9.17, 15) is 14.7 Å². The summed E-state index contributed by atoms with van der Waals surface area (Å²) in [6, 6.07) is 10.7. The van der Waals surface area contributed by atoms with E-state index >= 15 is 0 Å². The molecule has 0 spiro atoms. The summed E-state index contributed by atoms with van der Waals surface area (Å²) in [4.78, 5) is 24.9. The fourth-order valence-corrected chi connectivity index (χ4v) is 4.09.